The molecule has 0 bridgehead atoms. The molecule has 0 spiro atoms. The first-order valence-corrected chi connectivity index (χ1v) is 5.93. The second-order valence-corrected chi connectivity index (χ2v) is 4.13. The van der Waals surface area contributed by atoms with Gasteiger partial charge >= 0.3 is 0 Å². The van der Waals surface area contributed by atoms with E-state index in [2.05, 4.69) is 15.5 Å². The van der Waals surface area contributed by atoms with Crippen LogP contribution in [0.25, 0.3) is 11.5 Å². The van der Waals surface area contributed by atoms with Gasteiger partial charge in [-0.1, -0.05) is 19.1 Å². The normalized spacial score (nSPS) is 12.7. The van der Waals surface area contributed by atoms with Crippen molar-refractivity contribution in [1.82, 2.24) is 15.5 Å². The van der Waals surface area contributed by atoms with Gasteiger partial charge in [-0.3, -0.25) is 0 Å². The molecular weight excluding hydrogens is 233 g/mol. The van der Waals surface area contributed by atoms with Crippen LogP contribution < -0.4 is 5.32 Å². The molecule has 1 N–H and O–H groups in total. The van der Waals surface area contributed by atoms with Gasteiger partial charge in [-0.05, 0) is 32.0 Å². The Balaban J connectivity index is 2.38. The van der Waals surface area contributed by atoms with Crippen LogP contribution in [0.3, 0.4) is 0 Å². The lowest BCUT2D eigenvalue weighted by atomic mass is 10.1. The van der Waals surface area contributed by atoms with Crippen LogP contribution in [0.15, 0.2) is 22.6 Å². The van der Waals surface area contributed by atoms with Crippen molar-refractivity contribution in [2.45, 2.75) is 26.3 Å². The molecule has 1 atom stereocenters. The van der Waals surface area contributed by atoms with Gasteiger partial charge in [-0.25, -0.2) is 4.39 Å². The number of aromatic nitrogens is 2. The number of nitrogens with one attached hydrogen (secondary N) is 1. The van der Waals surface area contributed by atoms with Gasteiger partial charge in [-0.15, -0.1) is 10.2 Å². The molecule has 0 aliphatic heterocycles. The standard InChI is InChI=1S/C13H16FN3O/c1-4-10(15-3)13-17-16-12(18-13)9-7-5-6-8(2)11(9)14/h5-7,10,15H,4H2,1-3H3. The molecule has 0 aliphatic rings. The smallest absolute Gasteiger partial charge is 0.250 e. The van der Waals surface area contributed by atoms with Crippen LogP contribution in [0.4, 0.5) is 4.39 Å². The first-order valence-electron chi connectivity index (χ1n) is 5.93. The Hall–Kier alpha value is -1.75. The number of halogens is 1. The lowest BCUT2D eigenvalue weighted by Gasteiger charge is -2.07. The number of aryl methyl sites for hydroxylation is 1. The lowest BCUT2D eigenvalue weighted by Crippen LogP contribution is -2.15. The Kier molecular flexibility index (Phi) is 3.72. The van der Waals surface area contributed by atoms with Crippen LogP contribution in [-0.2, 0) is 0 Å². The molecule has 1 unspecified atom stereocenters. The molecule has 2 aromatic rings. The minimum Gasteiger partial charge on any atom is -0.419 e. The molecule has 1 aromatic carbocycles. The summed E-state index contributed by atoms with van der Waals surface area (Å²) in [6.45, 7) is 3.72. The summed E-state index contributed by atoms with van der Waals surface area (Å²) < 4.78 is 19.4. The third-order valence-corrected chi connectivity index (χ3v) is 2.92. The highest BCUT2D eigenvalue weighted by molar-refractivity contribution is 5.55. The van der Waals surface area contributed by atoms with Crippen molar-refractivity contribution in [3.8, 4) is 11.5 Å². The fraction of sp³-hybridized carbons (Fsp3) is 0.385. The maximum absolute atomic E-state index is 13.9. The molecule has 96 valence electrons. The molecule has 0 amide bonds. The van der Waals surface area contributed by atoms with Gasteiger partial charge in [-0.2, -0.15) is 0 Å². The maximum Gasteiger partial charge on any atom is 0.250 e. The van der Waals surface area contributed by atoms with Crippen molar-refractivity contribution in [2.24, 2.45) is 0 Å². The summed E-state index contributed by atoms with van der Waals surface area (Å²) in [5.74, 6) is 0.390. The summed E-state index contributed by atoms with van der Waals surface area (Å²) in [6, 6.07) is 5.12. The minimum absolute atomic E-state index is 0.000814. The largest absolute Gasteiger partial charge is 0.419 e. The monoisotopic (exact) mass is 249 g/mol. The molecule has 0 fully saturated rings. The fourth-order valence-corrected chi connectivity index (χ4v) is 1.80. The van der Waals surface area contributed by atoms with Gasteiger partial charge in [0.15, 0.2) is 0 Å². The number of hydrogen-bond donors (Lipinski definition) is 1. The summed E-state index contributed by atoms with van der Waals surface area (Å²) in [6.07, 6.45) is 0.828. The van der Waals surface area contributed by atoms with E-state index >= 15 is 0 Å². The summed E-state index contributed by atoms with van der Waals surface area (Å²) >= 11 is 0. The van der Waals surface area contributed by atoms with Gasteiger partial charge in [0.05, 0.1) is 11.6 Å². The molecular formula is C13H16FN3O. The molecule has 1 aromatic heterocycles. The highest BCUT2D eigenvalue weighted by atomic mass is 19.1. The van der Waals surface area contributed by atoms with Crippen molar-refractivity contribution < 1.29 is 8.81 Å². The van der Waals surface area contributed by atoms with Crippen molar-refractivity contribution in [3.63, 3.8) is 0 Å². The van der Waals surface area contributed by atoms with Crippen LogP contribution in [-0.4, -0.2) is 17.2 Å². The zero-order valence-electron chi connectivity index (χ0n) is 10.7. The quantitative estimate of drug-likeness (QED) is 0.905. The summed E-state index contributed by atoms with van der Waals surface area (Å²) in [5, 5.41) is 10.9. The predicted octanol–water partition coefficient (Wildman–Crippen LogP) is 2.85. The third-order valence-electron chi connectivity index (χ3n) is 2.92. The zero-order chi connectivity index (χ0) is 13.1. The number of rotatable bonds is 4. The topological polar surface area (TPSA) is 51.0 Å². The summed E-state index contributed by atoms with van der Waals surface area (Å²) in [5.41, 5.74) is 0.910. The van der Waals surface area contributed by atoms with E-state index in [1.807, 2.05) is 14.0 Å². The average molecular weight is 249 g/mol. The molecule has 1 heterocycles. The number of nitrogens with zero attached hydrogens (tertiary/aromatic N) is 2. The Labute approximate surface area is 105 Å². The molecule has 0 saturated carbocycles. The Morgan fingerprint density at radius 2 is 2.17 bits per heavy atom. The molecule has 0 radical (unpaired) electrons. The Morgan fingerprint density at radius 1 is 1.39 bits per heavy atom. The Morgan fingerprint density at radius 3 is 2.83 bits per heavy atom. The van der Waals surface area contributed by atoms with Crippen LogP contribution in [0, 0.1) is 12.7 Å². The van der Waals surface area contributed by atoms with E-state index in [-0.39, 0.29) is 17.7 Å². The minimum atomic E-state index is -0.315. The molecule has 0 aliphatic carbocycles. The SMILES string of the molecule is CCC(NC)c1nnc(-c2cccc(C)c2F)o1. The van der Waals surface area contributed by atoms with E-state index in [4.69, 9.17) is 4.42 Å². The molecule has 2 rings (SSSR count). The van der Waals surface area contributed by atoms with E-state index in [1.54, 1.807) is 25.1 Å². The van der Waals surface area contributed by atoms with Gasteiger partial charge in [0.2, 0.25) is 5.89 Å². The zero-order valence-corrected chi connectivity index (χ0v) is 10.7. The van der Waals surface area contributed by atoms with Crippen LogP contribution in [0.5, 0.6) is 0 Å². The molecule has 18 heavy (non-hydrogen) atoms. The first kappa shape index (κ1) is 12.7. The fourth-order valence-electron chi connectivity index (χ4n) is 1.80. The predicted molar refractivity (Wildman–Crippen MR) is 66.5 cm³/mol. The number of benzene rings is 1. The summed E-state index contributed by atoms with van der Waals surface area (Å²) in [4.78, 5) is 0. The van der Waals surface area contributed by atoms with Crippen molar-refractivity contribution in [1.29, 1.82) is 0 Å². The van der Waals surface area contributed by atoms with Crippen LogP contribution in [0.2, 0.25) is 0 Å². The second-order valence-electron chi connectivity index (χ2n) is 4.13. The molecule has 5 heteroatoms. The van der Waals surface area contributed by atoms with E-state index < -0.39 is 0 Å². The van der Waals surface area contributed by atoms with Crippen molar-refractivity contribution in [3.05, 3.63) is 35.5 Å². The van der Waals surface area contributed by atoms with Gasteiger partial charge in [0.25, 0.3) is 5.89 Å². The molecule has 4 nitrogen and oxygen atoms in total. The Bertz CT molecular complexity index is 535. The van der Waals surface area contributed by atoms with Gasteiger partial charge in [0.1, 0.15) is 5.82 Å². The van der Waals surface area contributed by atoms with Crippen molar-refractivity contribution in [2.75, 3.05) is 7.05 Å². The second kappa shape index (κ2) is 5.27. The average Bonchev–Trinajstić information content (AvgIpc) is 2.84. The van der Waals surface area contributed by atoms with Gasteiger partial charge in [0, 0.05) is 0 Å². The lowest BCUT2D eigenvalue weighted by molar-refractivity contribution is 0.414. The molecule has 0 saturated heterocycles. The van der Waals surface area contributed by atoms with E-state index in [0.717, 1.165) is 6.42 Å². The van der Waals surface area contributed by atoms with E-state index in [1.165, 1.54) is 0 Å². The van der Waals surface area contributed by atoms with Crippen LogP contribution in [0.1, 0.15) is 30.8 Å². The first-order chi connectivity index (χ1) is 8.67. The maximum atomic E-state index is 13.9. The number of hydrogen-bond acceptors (Lipinski definition) is 4. The van der Waals surface area contributed by atoms with E-state index in [0.29, 0.717) is 17.0 Å². The highest BCUT2D eigenvalue weighted by Crippen LogP contribution is 2.25. The van der Waals surface area contributed by atoms with Crippen molar-refractivity contribution >= 4 is 0 Å². The van der Waals surface area contributed by atoms with E-state index in [9.17, 15) is 4.39 Å². The van der Waals surface area contributed by atoms with Gasteiger partial charge < -0.3 is 9.73 Å². The summed E-state index contributed by atoms with van der Waals surface area (Å²) in [7, 11) is 1.82. The highest BCUT2D eigenvalue weighted by Gasteiger charge is 2.18. The van der Waals surface area contributed by atoms with Crippen LogP contribution >= 0.6 is 0 Å². The third kappa shape index (κ3) is 2.26.